The standard InChI is InChI=1S/C19H19F2N3O2/c1-12-15(4-2-5-17(12)24-9-3-6-19(24)26)22-11-18(25)23-16-8-7-13(20)10-14(16)21/h2,4-5,7-8,10,22H,3,6,9,11H2,1H3,(H,23,25). The van der Waals surface area contributed by atoms with Crippen molar-refractivity contribution in [3.05, 3.63) is 53.6 Å². The third-order valence-corrected chi connectivity index (χ3v) is 4.31. The molecule has 1 aliphatic rings. The summed E-state index contributed by atoms with van der Waals surface area (Å²) in [5.74, 6) is -1.90. The predicted molar refractivity (Wildman–Crippen MR) is 96.2 cm³/mol. The van der Waals surface area contributed by atoms with Gasteiger partial charge in [-0.25, -0.2) is 8.78 Å². The van der Waals surface area contributed by atoms with Crippen molar-refractivity contribution < 1.29 is 18.4 Å². The van der Waals surface area contributed by atoms with E-state index in [0.717, 1.165) is 29.4 Å². The van der Waals surface area contributed by atoms with Gasteiger partial charge in [-0.2, -0.15) is 0 Å². The van der Waals surface area contributed by atoms with Gasteiger partial charge in [0.2, 0.25) is 11.8 Å². The molecular weight excluding hydrogens is 340 g/mol. The fourth-order valence-electron chi connectivity index (χ4n) is 2.97. The normalized spacial score (nSPS) is 13.8. The van der Waals surface area contributed by atoms with Crippen LogP contribution in [0.2, 0.25) is 0 Å². The van der Waals surface area contributed by atoms with Crippen LogP contribution in [-0.2, 0) is 9.59 Å². The van der Waals surface area contributed by atoms with Gasteiger partial charge in [0.05, 0.1) is 12.2 Å². The van der Waals surface area contributed by atoms with Gasteiger partial charge in [-0.15, -0.1) is 0 Å². The van der Waals surface area contributed by atoms with E-state index in [-0.39, 0.29) is 18.1 Å². The molecule has 0 unspecified atom stereocenters. The van der Waals surface area contributed by atoms with Crippen LogP contribution >= 0.6 is 0 Å². The molecule has 0 bridgehead atoms. The van der Waals surface area contributed by atoms with E-state index in [0.29, 0.717) is 19.0 Å². The van der Waals surface area contributed by atoms with Gasteiger partial charge in [-0.1, -0.05) is 6.07 Å². The largest absolute Gasteiger partial charge is 0.376 e. The average Bonchev–Trinajstić information content (AvgIpc) is 3.02. The summed E-state index contributed by atoms with van der Waals surface area (Å²) >= 11 is 0. The van der Waals surface area contributed by atoms with E-state index < -0.39 is 17.5 Å². The molecule has 0 aliphatic carbocycles. The van der Waals surface area contributed by atoms with E-state index in [1.807, 2.05) is 25.1 Å². The Morgan fingerprint density at radius 3 is 2.69 bits per heavy atom. The lowest BCUT2D eigenvalue weighted by Crippen LogP contribution is -2.25. The number of hydrogen-bond acceptors (Lipinski definition) is 3. The van der Waals surface area contributed by atoms with Crippen LogP contribution in [0.4, 0.5) is 25.8 Å². The van der Waals surface area contributed by atoms with Crippen LogP contribution < -0.4 is 15.5 Å². The maximum absolute atomic E-state index is 13.6. The zero-order valence-electron chi connectivity index (χ0n) is 14.3. The molecule has 2 amide bonds. The van der Waals surface area contributed by atoms with Crippen LogP contribution in [0.5, 0.6) is 0 Å². The smallest absolute Gasteiger partial charge is 0.243 e. The van der Waals surface area contributed by atoms with Crippen molar-refractivity contribution in [1.29, 1.82) is 0 Å². The molecule has 7 heteroatoms. The van der Waals surface area contributed by atoms with Crippen LogP contribution in [0.15, 0.2) is 36.4 Å². The van der Waals surface area contributed by atoms with Crippen molar-refractivity contribution in [2.24, 2.45) is 0 Å². The minimum atomic E-state index is -0.830. The zero-order chi connectivity index (χ0) is 18.7. The molecule has 136 valence electrons. The first kappa shape index (κ1) is 17.8. The number of carbonyl (C=O) groups is 2. The maximum atomic E-state index is 13.6. The van der Waals surface area contributed by atoms with Crippen LogP contribution in [0.3, 0.4) is 0 Å². The van der Waals surface area contributed by atoms with Crippen LogP contribution in [0, 0.1) is 18.6 Å². The van der Waals surface area contributed by atoms with E-state index >= 15 is 0 Å². The lowest BCUT2D eigenvalue weighted by molar-refractivity contribution is -0.117. The number of benzene rings is 2. The highest BCUT2D eigenvalue weighted by Gasteiger charge is 2.23. The first-order chi connectivity index (χ1) is 12.5. The fraction of sp³-hybridized carbons (Fsp3) is 0.263. The number of halogens is 2. The Kier molecular flexibility index (Phi) is 5.16. The van der Waals surface area contributed by atoms with Gasteiger partial charge in [0.1, 0.15) is 11.6 Å². The number of nitrogens with one attached hydrogen (secondary N) is 2. The monoisotopic (exact) mass is 359 g/mol. The molecule has 1 heterocycles. The van der Waals surface area contributed by atoms with Crippen LogP contribution in [-0.4, -0.2) is 24.9 Å². The number of carbonyl (C=O) groups excluding carboxylic acids is 2. The molecule has 3 rings (SSSR count). The maximum Gasteiger partial charge on any atom is 0.243 e. The van der Waals surface area contributed by atoms with Gasteiger partial charge in [0, 0.05) is 30.4 Å². The minimum Gasteiger partial charge on any atom is -0.376 e. The van der Waals surface area contributed by atoms with Crippen molar-refractivity contribution in [3.8, 4) is 0 Å². The molecule has 1 saturated heterocycles. The Balaban J connectivity index is 1.66. The highest BCUT2D eigenvalue weighted by atomic mass is 19.1. The van der Waals surface area contributed by atoms with Crippen molar-refractivity contribution in [2.45, 2.75) is 19.8 Å². The van der Waals surface area contributed by atoms with Crippen molar-refractivity contribution in [1.82, 2.24) is 0 Å². The Labute approximate surface area is 150 Å². The van der Waals surface area contributed by atoms with Crippen LogP contribution in [0.1, 0.15) is 18.4 Å². The molecule has 2 N–H and O–H groups in total. The lowest BCUT2D eigenvalue weighted by Gasteiger charge is -2.20. The summed E-state index contributed by atoms with van der Waals surface area (Å²) in [6.07, 6.45) is 1.38. The molecule has 0 atom stereocenters. The molecule has 5 nitrogen and oxygen atoms in total. The zero-order valence-corrected chi connectivity index (χ0v) is 14.3. The third-order valence-electron chi connectivity index (χ3n) is 4.31. The third kappa shape index (κ3) is 3.82. The van der Waals surface area contributed by atoms with E-state index in [4.69, 9.17) is 0 Å². The minimum absolute atomic E-state index is 0.0775. The van der Waals surface area contributed by atoms with Crippen molar-refractivity contribution >= 4 is 28.9 Å². The summed E-state index contributed by atoms with van der Waals surface area (Å²) in [4.78, 5) is 25.7. The Bertz CT molecular complexity index is 855. The van der Waals surface area contributed by atoms with E-state index in [2.05, 4.69) is 10.6 Å². The van der Waals surface area contributed by atoms with Crippen molar-refractivity contribution in [3.63, 3.8) is 0 Å². The Hall–Kier alpha value is -2.96. The Morgan fingerprint density at radius 2 is 2.00 bits per heavy atom. The summed E-state index contributed by atoms with van der Waals surface area (Å²) in [5.41, 5.74) is 2.33. The summed E-state index contributed by atoms with van der Waals surface area (Å²) in [7, 11) is 0. The molecule has 2 aromatic carbocycles. The Morgan fingerprint density at radius 1 is 1.19 bits per heavy atom. The molecule has 2 aromatic rings. The van der Waals surface area contributed by atoms with E-state index in [1.165, 1.54) is 6.07 Å². The van der Waals surface area contributed by atoms with E-state index in [1.54, 1.807) is 4.90 Å². The second-order valence-corrected chi connectivity index (χ2v) is 6.12. The topological polar surface area (TPSA) is 61.4 Å². The van der Waals surface area contributed by atoms with Gasteiger partial charge in [-0.3, -0.25) is 9.59 Å². The fourth-order valence-corrected chi connectivity index (χ4v) is 2.97. The molecule has 0 aromatic heterocycles. The summed E-state index contributed by atoms with van der Waals surface area (Å²) in [5, 5.41) is 5.39. The predicted octanol–water partition coefficient (Wildman–Crippen LogP) is 3.45. The quantitative estimate of drug-likeness (QED) is 0.860. The van der Waals surface area contributed by atoms with Crippen LogP contribution in [0.25, 0.3) is 0 Å². The average molecular weight is 359 g/mol. The first-order valence-electron chi connectivity index (χ1n) is 8.34. The van der Waals surface area contributed by atoms with E-state index in [9.17, 15) is 18.4 Å². The summed E-state index contributed by atoms with van der Waals surface area (Å²) in [6.45, 7) is 2.48. The van der Waals surface area contributed by atoms with Gasteiger partial charge in [0.15, 0.2) is 0 Å². The SMILES string of the molecule is Cc1c(NCC(=O)Nc2ccc(F)cc2F)cccc1N1CCCC1=O. The molecular formula is C19H19F2N3O2. The molecule has 1 aliphatic heterocycles. The second kappa shape index (κ2) is 7.51. The molecule has 0 saturated carbocycles. The number of amides is 2. The first-order valence-corrected chi connectivity index (χ1v) is 8.34. The van der Waals surface area contributed by atoms with Gasteiger partial charge < -0.3 is 15.5 Å². The number of hydrogen-bond donors (Lipinski definition) is 2. The highest BCUT2D eigenvalue weighted by molar-refractivity contribution is 5.97. The lowest BCUT2D eigenvalue weighted by atomic mass is 10.1. The number of rotatable bonds is 5. The second-order valence-electron chi connectivity index (χ2n) is 6.12. The molecule has 1 fully saturated rings. The molecule has 0 spiro atoms. The highest BCUT2D eigenvalue weighted by Crippen LogP contribution is 2.29. The molecule has 26 heavy (non-hydrogen) atoms. The number of nitrogens with zero attached hydrogens (tertiary/aromatic N) is 1. The summed E-state index contributed by atoms with van der Waals surface area (Å²) < 4.78 is 26.5. The van der Waals surface area contributed by atoms with Gasteiger partial charge in [-0.05, 0) is 43.2 Å². The molecule has 0 radical (unpaired) electrons. The number of anilines is 3. The van der Waals surface area contributed by atoms with Gasteiger partial charge >= 0.3 is 0 Å². The summed E-state index contributed by atoms with van der Waals surface area (Å²) in [6, 6.07) is 8.46. The van der Waals surface area contributed by atoms with Gasteiger partial charge in [0.25, 0.3) is 0 Å². The van der Waals surface area contributed by atoms with Crippen molar-refractivity contribution in [2.75, 3.05) is 28.6 Å².